The third kappa shape index (κ3) is 4.89. The summed E-state index contributed by atoms with van der Waals surface area (Å²) < 4.78 is 0. The van der Waals surface area contributed by atoms with Gasteiger partial charge in [-0.3, -0.25) is 0 Å². The number of benzene rings is 1. The molecule has 3 heteroatoms. The van der Waals surface area contributed by atoms with Crippen LogP contribution in [0.4, 0.5) is 5.69 Å². The van der Waals surface area contributed by atoms with Crippen LogP contribution in [0.2, 0.25) is 5.02 Å². The first-order valence-electron chi connectivity index (χ1n) is 8.50. The quantitative estimate of drug-likeness (QED) is 0.807. The minimum absolute atomic E-state index is 0.365. The Bertz CT molecular complexity index is 425. The summed E-state index contributed by atoms with van der Waals surface area (Å²) in [4.78, 5) is 2.47. The molecular formula is C18H29ClN2. The van der Waals surface area contributed by atoms with Crippen LogP contribution in [0.15, 0.2) is 18.2 Å². The minimum Gasteiger partial charge on any atom is -0.370 e. The second-order valence-electron chi connectivity index (χ2n) is 6.14. The molecule has 0 spiro atoms. The maximum Gasteiger partial charge on any atom is 0.0642 e. The Balaban J connectivity index is 2.06. The van der Waals surface area contributed by atoms with Gasteiger partial charge in [-0.1, -0.05) is 43.9 Å². The lowest BCUT2D eigenvalue weighted by molar-refractivity contribution is 0.556. The van der Waals surface area contributed by atoms with Gasteiger partial charge in [0.25, 0.3) is 0 Å². The van der Waals surface area contributed by atoms with Crippen molar-refractivity contribution >= 4 is 17.3 Å². The molecule has 1 saturated heterocycles. The normalized spacial score (nSPS) is 18.1. The predicted octanol–water partition coefficient (Wildman–Crippen LogP) is 5.17. The Labute approximate surface area is 134 Å². The number of rotatable bonds is 5. The van der Waals surface area contributed by atoms with Crippen LogP contribution >= 0.6 is 11.6 Å². The van der Waals surface area contributed by atoms with Gasteiger partial charge in [0.1, 0.15) is 0 Å². The third-order valence-corrected chi connectivity index (χ3v) is 4.67. The van der Waals surface area contributed by atoms with E-state index in [2.05, 4.69) is 42.3 Å². The molecule has 1 aliphatic heterocycles. The average Bonchev–Trinajstić information content (AvgIpc) is 2.45. The predicted molar refractivity (Wildman–Crippen MR) is 93.5 cm³/mol. The molecule has 0 aliphatic carbocycles. The van der Waals surface area contributed by atoms with E-state index in [1.165, 1.54) is 43.4 Å². The molecule has 21 heavy (non-hydrogen) atoms. The maximum absolute atomic E-state index is 6.57. The zero-order chi connectivity index (χ0) is 15.1. The molecule has 1 unspecified atom stereocenters. The number of nitrogens with zero attached hydrogens (tertiary/aromatic N) is 1. The van der Waals surface area contributed by atoms with Gasteiger partial charge in [-0.15, -0.1) is 0 Å². The molecule has 2 rings (SSSR count). The van der Waals surface area contributed by atoms with Crippen molar-refractivity contribution in [1.29, 1.82) is 0 Å². The van der Waals surface area contributed by atoms with Crippen LogP contribution < -0.4 is 10.2 Å². The molecule has 1 aliphatic rings. The van der Waals surface area contributed by atoms with E-state index in [0.29, 0.717) is 6.04 Å². The van der Waals surface area contributed by atoms with Gasteiger partial charge in [0, 0.05) is 19.1 Å². The van der Waals surface area contributed by atoms with Crippen molar-refractivity contribution in [2.75, 3.05) is 24.5 Å². The van der Waals surface area contributed by atoms with Crippen LogP contribution in [0.5, 0.6) is 0 Å². The van der Waals surface area contributed by atoms with Gasteiger partial charge < -0.3 is 10.2 Å². The van der Waals surface area contributed by atoms with Crippen molar-refractivity contribution in [3.8, 4) is 0 Å². The lowest BCUT2D eigenvalue weighted by Gasteiger charge is -2.28. The van der Waals surface area contributed by atoms with Crippen molar-refractivity contribution in [3.63, 3.8) is 0 Å². The van der Waals surface area contributed by atoms with Crippen LogP contribution in [0.25, 0.3) is 0 Å². The van der Waals surface area contributed by atoms with E-state index in [4.69, 9.17) is 11.6 Å². The Hall–Kier alpha value is -0.730. The van der Waals surface area contributed by atoms with Crippen LogP contribution in [0.1, 0.15) is 64.0 Å². The first-order chi connectivity index (χ1) is 10.2. The molecule has 2 nitrogen and oxygen atoms in total. The van der Waals surface area contributed by atoms with Crippen molar-refractivity contribution in [3.05, 3.63) is 28.8 Å². The number of halogens is 1. The number of hydrogen-bond donors (Lipinski definition) is 1. The number of hydrogen-bond acceptors (Lipinski definition) is 2. The van der Waals surface area contributed by atoms with E-state index in [1.54, 1.807) is 0 Å². The van der Waals surface area contributed by atoms with E-state index in [1.807, 2.05) is 0 Å². The molecular weight excluding hydrogens is 280 g/mol. The Morgan fingerprint density at radius 1 is 1.14 bits per heavy atom. The smallest absolute Gasteiger partial charge is 0.0642 e. The molecule has 0 saturated carbocycles. The van der Waals surface area contributed by atoms with E-state index >= 15 is 0 Å². The summed E-state index contributed by atoms with van der Waals surface area (Å²) in [6.45, 7) is 7.73. The molecule has 1 aromatic rings. The molecule has 0 aromatic heterocycles. The van der Waals surface area contributed by atoms with Gasteiger partial charge in [0.05, 0.1) is 10.7 Å². The zero-order valence-electron chi connectivity index (χ0n) is 13.5. The lowest BCUT2D eigenvalue weighted by Crippen LogP contribution is -2.27. The second-order valence-corrected chi connectivity index (χ2v) is 6.55. The average molecular weight is 309 g/mol. The van der Waals surface area contributed by atoms with Crippen molar-refractivity contribution in [1.82, 2.24) is 5.32 Å². The zero-order valence-corrected chi connectivity index (χ0v) is 14.3. The third-order valence-electron chi connectivity index (χ3n) is 4.37. The van der Waals surface area contributed by atoms with Crippen LogP contribution in [0, 0.1) is 0 Å². The highest BCUT2D eigenvalue weighted by molar-refractivity contribution is 6.33. The number of nitrogens with one attached hydrogen (secondary N) is 1. The molecule has 0 amide bonds. The summed E-state index contributed by atoms with van der Waals surface area (Å²) in [5.74, 6) is 0. The molecule has 1 N–H and O–H groups in total. The fraction of sp³-hybridized carbons (Fsp3) is 0.667. The Kier molecular flexibility index (Phi) is 6.85. The molecule has 0 bridgehead atoms. The van der Waals surface area contributed by atoms with Crippen molar-refractivity contribution in [2.24, 2.45) is 0 Å². The summed E-state index contributed by atoms with van der Waals surface area (Å²) in [5.41, 5.74) is 2.49. The molecule has 1 heterocycles. The summed E-state index contributed by atoms with van der Waals surface area (Å²) in [6.07, 6.45) is 7.82. The van der Waals surface area contributed by atoms with E-state index in [-0.39, 0.29) is 0 Å². The van der Waals surface area contributed by atoms with Crippen LogP contribution in [-0.4, -0.2) is 19.6 Å². The van der Waals surface area contributed by atoms with Crippen molar-refractivity contribution in [2.45, 2.75) is 58.4 Å². The number of anilines is 1. The monoisotopic (exact) mass is 308 g/mol. The first kappa shape index (κ1) is 16.6. The van der Waals surface area contributed by atoms with E-state index < -0.39 is 0 Å². The highest BCUT2D eigenvalue weighted by atomic mass is 35.5. The summed E-state index contributed by atoms with van der Waals surface area (Å²) >= 11 is 6.57. The van der Waals surface area contributed by atoms with Crippen LogP contribution in [0.3, 0.4) is 0 Å². The summed E-state index contributed by atoms with van der Waals surface area (Å²) in [5, 5.41) is 4.42. The van der Waals surface area contributed by atoms with Gasteiger partial charge >= 0.3 is 0 Å². The molecule has 118 valence electrons. The second kappa shape index (κ2) is 8.65. The largest absolute Gasteiger partial charge is 0.370 e. The minimum atomic E-state index is 0.365. The van der Waals surface area contributed by atoms with Gasteiger partial charge in [-0.05, 0) is 50.4 Å². The topological polar surface area (TPSA) is 15.3 Å². The summed E-state index contributed by atoms with van der Waals surface area (Å²) in [6, 6.07) is 6.95. The maximum atomic E-state index is 6.57. The van der Waals surface area contributed by atoms with Gasteiger partial charge in [0.15, 0.2) is 0 Å². The Morgan fingerprint density at radius 2 is 1.81 bits per heavy atom. The fourth-order valence-electron chi connectivity index (χ4n) is 3.02. The summed E-state index contributed by atoms with van der Waals surface area (Å²) in [7, 11) is 0. The Morgan fingerprint density at radius 3 is 2.43 bits per heavy atom. The highest BCUT2D eigenvalue weighted by Gasteiger charge is 2.14. The molecule has 0 radical (unpaired) electrons. The fourth-order valence-corrected chi connectivity index (χ4v) is 3.32. The van der Waals surface area contributed by atoms with E-state index in [9.17, 15) is 0 Å². The first-order valence-corrected chi connectivity index (χ1v) is 8.88. The standard InChI is InChI=1S/C18H29ClN2/c1-3-11-20-15(2)16-9-10-18(17(19)14-16)21-12-7-5-4-6-8-13-21/h9-10,14-15,20H,3-8,11-13H2,1-2H3. The van der Waals surface area contributed by atoms with Crippen LogP contribution in [-0.2, 0) is 0 Å². The van der Waals surface area contributed by atoms with E-state index in [0.717, 1.165) is 31.1 Å². The molecule has 1 aromatic carbocycles. The van der Waals surface area contributed by atoms with Gasteiger partial charge in [0.2, 0.25) is 0 Å². The van der Waals surface area contributed by atoms with Gasteiger partial charge in [-0.25, -0.2) is 0 Å². The van der Waals surface area contributed by atoms with Gasteiger partial charge in [-0.2, -0.15) is 0 Å². The lowest BCUT2D eigenvalue weighted by atomic mass is 10.1. The molecule has 1 atom stereocenters. The van der Waals surface area contributed by atoms with Crippen molar-refractivity contribution < 1.29 is 0 Å². The highest BCUT2D eigenvalue weighted by Crippen LogP contribution is 2.30. The molecule has 1 fully saturated rings. The SMILES string of the molecule is CCCNC(C)c1ccc(N2CCCCCCC2)c(Cl)c1.